The minimum atomic E-state index is -4.35. The monoisotopic (exact) mass is 539 g/mol. The lowest BCUT2D eigenvalue weighted by Gasteiger charge is -2.39. The van der Waals surface area contributed by atoms with E-state index in [0.29, 0.717) is 37.0 Å². The summed E-state index contributed by atoms with van der Waals surface area (Å²) in [5.41, 5.74) is 0.964. The number of amides is 1. The van der Waals surface area contributed by atoms with E-state index >= 15 is 0 Å². The van der Waals surface area contributed by atoms with Crippen LogP contribution in [-0.4, -0.2) is 52.8 Å². The summed E-state index contributed by atoms with van der Waals surface area (Å²) >= 11 is 0. The summed E-state index contributed by atoms with van der Waals surface area (Å²) in [6, 6.07) is 14.5. The van der Waals surface area contributed by atoms with Gasteiger partial charge in [-0.25, -0.2) is 13.2 Å². The average Bonchev–Trinajstić information content (AvgIpc) is 3.13. The fourth-order valence-electron chi connectivity index (χ4n) is 4.80. The van der Waals surface area contributed by atoms with Crippen LogP contribution in [0.5, 0.6) is 5.75 Å². The number of sulfonamides is 1. The molecule has 2 aliphatic rings. The molecule has 2 N–H and O–H groups in total. The number of hydrogen-bond donors (Lipinski definition) is 2. The van der Waals surface area contributed by atoms with Crippen molar-refractivity contribution in [2.75, 3.05) is 20.2 Å². The molecule has 1 fully saturated rings. The Kier molecular flexibility index (Phi) is 7.67. The molecule has 200 valence electrons. The highest BCUT2D eigenvalue weighted by molar-refractivity contribution is 7.90. The van der Waals surface area contributed by atoms with Crippen LogP contribution >= 0.6 is 0 Å². The quantitative estimate of drug-likeness (QED) is 0.546. The second-order valence-corrected chi connectivity index (χ2v) is 10.8. The van der Waals surface area contributed by atoms with E-state index in [0.717, 1.165) is 5.56 Å². The van der Waals surface area contributed by atoms with Gasteiger partial charge in [0.25, 0.3) is 10.0 Å². The molecule has 0 saturated heterocycles. The highest BCUT2D eigenvalue weighted by Gasteiger charge is 2.40. The van der Waals surface area contributed by atoms with Crippen LogP contribution in [0.2, 0.25) is 0 Å². The summed E-state index contributed by atoms with van der Waals surface area (Å²) in [6.45, 7) is -0.266. The van der Waals surface area contributed by atoms with Gasteiger partial charge >= 0.3 is 12.3 Å². The van der Waals surface area contributed by atoms with Crippen molar-refractivity contribution in [2.45, 2.75) is 54.7 Å². The van der Waals surface area contributed by atoms with E-state index < -0.39 is 46.8 Å². The summed E-state index contributed by atoms with van der Waals surface area (Å²) in [5, 5.41) is 2.15. The molecule has 0 aromatic heterocycles. The minimum Gasteiger partial charge on any atom is -0.496 e. The SMILES string of the molecule is COc1cccc2c1C(=NCC1(c3ccccc3)CCC(OC(=O)NCCC(F)(F)F)CC1)NS2(=O)=O. The number of alkyl carbamates (subject to hydrolysis) is 1. The van der Waals surface area contributed by atoms with Gasteiger partial charge in [0.05, 0.1) is 25.6 Å². The molecule has 0 bridgehead atoms. The van der Waals surface area contributed by atoms with E-state index in [4.69, 9.17) is 14.5 Å². The number of carbonyl (C=O) groups excluding carboxylic acids is 1. The maximum atomic E-state index is 12.6. The molecule has 0 radical (unpaired) electrons. The van der Waals surface area contributed by atoms with Crippen LogP contribution in [0.4, 0.5) is 18.0 Å². The summed E-state index contributed by atoms with van der Waals surface area (Å²) in [5.74, 6) is 0.609. The fraction of sp³-hybridized carbons (Fsp3) is 0.440. The van der Waals surface area contributed by atoms with Crippen LogP contribution in [-0.2, 0) is 20.2 Å². The third-order valence-corrected chi connectivity index (χ3v) is 8.11. The fourth-order valence-corrected chi connectivity index (χ4v) is 6.06. The number of ether oxygens (including phenoxy) is 2. The zero-order chi connectivity index (χ0) is 26.7. The molecule has 0 unspecified atom stereocenters. The summed E-state index contributed by atoms with van der Waals surface area (Å²) in [4.78, 5) is 16.8. The average molecular weight is 540 g/mol. The van der Waals surface area contributed by atoms with Gasteiger partial charge in [-0.1, -0.05) is 36.4 Å². The Hall–Kier alpha value is -3.28. The van der Waals surface area contributed by atoms with Crippen molar-refractivity contribution in [3.8, 4) is 5.75 Å². The predicted octanol–water partition coefficient (Wildman–Crippen LogP) is 4.29. The van der Waals surface area contributed by atoms with Gasteiger partial charge in [-0.05, 0) is 43.4 Å². The maximum absolute atomic E-state index is 12.6. The summed E-state index contributed by atoms with van der Waals surface area (Å²) in [7, 11) is -2.30. The molecular weight excluding hydrogens is 511 g/mol. The van der Waals surface area contributed by atoms with Gasteiger partial charge in [-0.15, -0.1) is 0 Å². The lowest BCUT2D eigenvalue weighted by Crippen LogP contribution is -2.40. The number of methoxy groups -OCH3 is 1. The van der Waals surface area contributed by atoms with Crippen LogP contribution in [0.1, 0.15) is 43.2 Å². The molecule has 4 rings (SSSR count). The van der Waals surface area contributed by atoms with E-state index in [1.54, 1.807) is 12.1 Å². The Morgan fingerprint density at radius 1 is 1.14 bits per heavy atom. The van der Waals surface area contributed by atoms with Crippen LogP contribution in [0.15, 0.2) is 58.4 Å². The van der Waals surface area contributed by atoms with E-state index in [2.05, 4.69) is 10.0 Å². The lowest BCUT2D eigenvalue weighted by atomic mass is 9.68. The molecule has 1 aliphatic heterocycles. The van der Waals surface area contributed by atoms with E-state index in [1.165, 1.54) is 13.2 Å². The number of carbonyl (C=O) groups is 1. The molecule has 37 heavy (non-hydrogen) atoms. The first-order chi connectivity index (χ1) is 17.5. The van der Waals surface area contributed by atoms with Crippen LogP contribution in [0.25, 0.3) is 0 Å². The third kappa shape index (κ3) is 6.17. The molecule has 1 aliphatic carbocycles. The molecule has 8 nitrogen and oxygen atoms in total. The molecule has 12 heteroatoms. The molecule has 0 atom stereocenters. The van der Waals surface area contributed by atoms with Gasteiger partial charge in [0.15, 0.2) is 0 Å². The van der Waals surface area contributed by atoms with Crippen LogP contribution < -0.4 is 14.8 Å². The number of nitrogens with one attached hydrogen (secondary N) is 2. The zero-order valence-electron chi connectivity index (χ0n) is 20.2. The molecular formula is C25H28F3N3O5S. The molecule has 2 aromatic carbocycles. The van der Waals surface area contributed by atoms with Crippen LogP contribution in [0, 0.1) is 0 Å². The summed E-state index contributed by atoms with van der Waals surface area (Å²) in [6.07, 6.45) is -4.66. The third-order valence-electron chi connectivity index (χ3n) is 6.73. The van der Waals surface area contributed by atoms with Crippen molar-refractivity contribution >= 4 is 22.0 Å². The van der Waals surface area contributed by atoms with Gasteiger partial charge in [0, 0.05) is 12.0 Å². The topological polar surface area (TPSA) is 106 Å². The van der Waals surface area contributed by atoms with E-state index in [9.17, 15) is 26.4 Å². The van der Waals surface area contributed by atoms with Crippen molar-refractivity contribution in [1.29, 1.82) is 0 Å². The minimum absolute atomic E-state index is 0.105. The van der Waals surface area contributed by atoms with Crippen LogP contribution in [0.3, 0.4) is 0 Å². The Balaban J connectivity index is 1.50. The highest BCUT2D eigenvalue weighted by Crippen LogP contribution is 2.41. The Morgan fingerprint density at radius 2 is 1.84 bits per heavy atom. The Bertz CT molecular complexity index is 1260. The molecule has 1 saturated carbocycles. The lowest BCUT2D eigenvalue weighted by molar-refractivity contribution is -0.133. The van der Waals surface area contributed by atoms with E-state index in [-0.39, 0.29) is 17.3 Å². The Labute approximate surface area is 213 Å². The van der Waals surface area contributed by atoms with Crippen molar-refractivity contribution in [2.24, 2.45) is 4.99 Å². The number of halogens is 3. The predicted molar refractivity (Wildman–Crippen MR) is 130 cm³/mol. The molecule has 2 aromatic rings. The number of nitrogens with zero attached hydrogens (tertiary/aromatic N) is 1. The molecule has 0 spiro atoms. The highest BCUT2D eigenvalue weighted by atomic mass is 32.2. The van der Waals surface area contributed by atoms with Crippen molar-refractivity contribution in [1.82, 2.24) is 10.0 Å². The second-order valence-electron chi connectivity index (χ2n) is 9.15. The first kappa shape index (κ1) is 26.8. The van der Waals surface area contributed by atoms with Gasteiger partial charge in [0.2, 0.25) is 0 Å². The summed E-state index contributed by atoms with van der Waals surface area (Å²) < 4.78 is 75.5. The standard InChI is InChI=1S/C25H28F3N3O5S/c1-35-19-8-5-9-20-21(19)22(31-37(20,33)34)30-16-24(17-6-3-2-4-7-17)12-10-18(11-13-24)36-23(32)29-15-14-25(26,27)28/h2-9,18H,10-16H2,1H3,(H,29,32)(H,30,31). The number of rotatable bonds is 7. The number of fused-ring (bicyclic) bond motifs is 1. The maximum Gasteiger partial charge on any atom is 0.407 e. The number of amidine groups is 1. The molecule has 1 heterocycles. The van der Waals surface area contributed by atoms with Crippen molar-refractivity contribution < 1.29 is 35.9 Å². The van der Waals surface area contributed by atoms with Crippen molar-refractivity contribution in [3.05, 3.63) is 59.7 Å². The smallest absolute Gasteiger partial charge is 0.407 e. The largest absolute Gasteiger partial charge is 0.496 e. The normalized spacial score (nSPS) is 23.7. The van der Waals surface area contributed by atoms with Gasteiger partial charge in [0.1, 0.15) is 22.6 Å². The van der Waals surface area contributed by atoms with Gasteiger partial charge < -0.3 is 14.8 Å². The first-order valence-corrected chi connectivity index (χ1v) is 13.3. The van der Waals surface area contributed by atoms with E-state index in [1.807, 2.05) is 30.3 Å². The van der Waals surface area contributed by atoms with Crippen molar-refractivity contribution in [3.63, 3.8) is 0 Å². The number of aliphatic imine (C=N–C) groups is 1. The molecule has 1 amide bonds. The van der Waals surface area contributed by atoms with Gasteiger partial charge in [-0.3, -0.25) is 9.71 Å². The number of benzene rings is 2. The zero-order valence-corrected chi connectivity index (χ0v) is 21.0. The van der Waals surface area contributed by atoms with Gasteiger partial charge in [-0.2, -0.15) is 13.2 Å². The number of alkyl halides is 3. The Morgan fingerprint density at radius 3 is 2.49 bits per heavy atom. The second kappa shape index (κ2) is 10.6. The number of hydrogen-bond acceptors (Lipinski definition) is 6. The first-order valence-electron chi connectivity index (χ1n) is 11.8.